The minimum atomic E-state index is -0.487. The lowest BCUT2D eigenvalue weighted by Gasteiger charge is -2.27. The van der Waals surface area contributed by atoms with Crippen molar-refractivity contribution in [1.29, 1.82) is 0 Å². The van der Waals surface area contributed by atoms with Crippen LogP contribution >= 0.6 is 0 Å². The number of hydrogen-bond acceptors (Lipinski definition) is 5. The summed E-state index contributed by atoms with van der Waals surface area (Å²) in [5, 5.41) is 7.53. The highest BCUT2D eigenvalue weighted by atomic mass is 16.6. The van der Waals surface area contributed by atoms with Gasteiger partial charge in [-0.2, -0.15) is 5.10 Å². The molecule has 0 spiro atoms. The summed E-state index contributed by atoms with van der Waals surface area (Å²) in [6.45, 7) is 10.3. The van der Waals surface area contributed by atoms with E-state index < -0.39 is 5.60 Å². The monoisotopic (exact) mass is 280 g/mol. The predicted molar refractivity (Wildman–Crippen MR) is 76.5 cm³/mol. The van der Waals surface area contributed by atoms with Crippen molar-refractivity contribution in [3.05, 3.63) is 17.5 Å². The van der Waals surface area contributed by atoms with Gasteiger partial charge < -0.3 is 10.1 Å². The molecule has 1 N–H and O–H groups in total. The molecule has 2 rings (SSSR count). The van der Waals surface area contributed by atoms with Crippen molar-refractivity contribution in [3.8, 4) is 0 Å². The number of ether oxygens (including phenoxy) is 1. The maximum atomic E-state index is 12.2. The molecule has 0 amide bonds. The molecule has 2 heterocycles. The van der Waals surface area contributed by atoms with Crippen molar-refractivity contribution in [2.45, 2.75) is 32.9 Å². The number of esters is 1. The molecular weight excluding hydrogens is 256 g/mol. The quantitative estimate of drug-likeness (QED) is 0.829. The molecule has 1 aromatic heterocycles. The van der Waals surface area contributed by atoms with E-state index in [2.05, 4.69) is 15.3 Å². The van der Waals surface area contributed by atoms with Gasteiger partial charge in [-0.1, -0.05) is 0 Å². The summed E-state index contributed by atoms with van der Waals surface area (Å²) in [6, 6.07) is 0. The number of hydrogen-bond donors (Lipinski definition) is 1. The third-order valence-corrected chi connectivity index (χ3v) is 3.26. The van der Waals surface area contributed by atoms with Crippen LogP contribution in [0.2, 0.25) is 0 Å². The summed E-state index contributed by atoms with van der Waals surface area (Å²) < 4.78 is 7.21. The van der Waals surface area contributed by atoms with E-state index in [1.54, 1.807) is 10.9 Å². The SMILES string of the molecule is Cn1ncc(C(=O)OC(C)(C)C)c1CN1CCNCC1. The zero-order chi connectivity index (χ0) is 14.8. The maximum absolute atomic E-state index is 12.2. The van der Waals surface area contributed by atoms with Gasteiger partial charge in [0.2, 0.25) is 0 Å². The van der Waals surface area contributed by atoms with Crippen molar-refractivity contribution in [2.24, 2.45) is 7.05 Å². The summed E-state index contributed by atoms with van der Waals surface area (Å²) in [5.74, 6) is -0.296. The largest absolute Gasteiger partial charge is 0.456 e. The molecule has 20 heavy (non-hydrogen) atoms. The second-order valence-corrected chi connectivity index (χ2v) is 6.16. The Morgan fingerprint density at radius 2 is 2.05 bits per heavy atom. The van der Waals surface area contributed by atoms with Gasteiger partial charge in [0.25, 0.3) is 0 Å². The van der Waals surface area contributed by atoms with E-state index in [4.69, 9.17) is 4.74 Å². The molecule has 1 fully saturated rings. The highest BCUT2D eigenvalue weighted by molar-refractivity contribution is 5.90. The Hall–Kier alpha value is -1.40. The van der Waals surface area contributed by atoms with Crippen LogP contribution in [0.15, 0.2) is 6.20 Å². The van der Waals surface area contributed by atoms with E-state index in [-0.39, 0.29) is 5.97 Å². The number of rotatable bonds is 3. The number of nitrogens with zero attached hydrogens (tertiary/aromatic N) is 3. The summed E-state index contributed by atoms with van der Waals surface area (Å²) >= 11 is 0. The van der Waals surface area contributed by atoms with Gasteiger partial charge in [-0.25, -0.2) is 4.79 Å². The Morgan fingerprint density at radius 3 is 2.65 bits per heavy atom. The highest BCUT2D eigenvalue weighted by Gasteiger charge is 2.24. The minimum Gasteiger partial charge on any atom is -0.456 e. The second-order valence-electron chi connectivity index (χ2n) is 6.16. The predicted octanol–water partition coefficient (Wildman–Crippen LogP) is 0.781. The van der Waals surface area contributed by atoms with Crippen LogP contribution in [0.25, 0.3) is 0 Å². The Kier molecular flexibility index (Phi) is 4.45. The molecule has 1 aliphatic rings. The van der Waals surface area contributed by atoms with Crippen LogP contribution < -0.4 is 5.32 Å². The van der Waals surface area contributed by atoms with Gasteiger partial charge in [-0.05, 0) is 20.8 Å². The highest BCUT2D eigenvalue weighted by Crippen LogP contribution is 2.16. The van der Waals surface area contributed by atoms with Gasteiger partial charge in [-0.15, -0.1) is 0 Å². The fourth-order valence-electron chi connectivity index (χ4n) is 2.24. The van der Waals surface area contributed by atoms with Gasteiger partial charge in [-0.3, -0.25) is 9.58 Å². The van der Waals surface area contributed by atoms with Crippen molar-refractivity contribution in [1.82, 2.24) is 20.0 Å². The fourth-order valence-corrected chi connectivity index (χ4v) is 2.24. The molecule has 1 aliphatic heterocycles. The molecule has 1 saturated heterocycles. The van der Waals surface area contributed by atoms with Crippen LogP contribution in [0.4, 0.5) is 0 Å². The topological polar surface area (TPSA) is 59.4 Å². The normalized spacial score (nSPS) is 17.2. The van der Waals surface area contributed by atoms with E-state index >= 15 is 0 Å². The Morgan fingerprint density at radius 1 is 1.40 bits per heavy atom. The van der Waals surface area contributed by atoms with Crippen LogP contribution in [0, 0.1) is 0 Å². The molecule has 0 unspecified atom stereocenters. The van der Waals surface area contributed by atoms with E-state index in [0.29, 0.717) is 5.56 Å². The lowest BCUT2D eigenvalue weighted by Crippen LogP contribution is -2.43. The first-order chi connectivity index (χ1) is 9.37. The summed E-state index contributed by atoms with van der Waals surface area (Å²) in [5.41, 5.74) is 1.00. The Balaban J connectivity index is 2.12. The smallest absolute Gasteiger partial charge is 0.342 e. The van der Waals surface area contributed by atoms with Crippen LogP contribution in [-0.2, 0) is 18.3 Å². The molecule has 0 radical (unpaired) electrons. The number of aryl methyl sites for hydroxylation is 1. The summed E-state index contributed by atoms with van der Waals surface area (Å²) in [7, 11) is 1.87. The fraction of sp³-hybridized carbons (Fsp3) is 0.714. The number of piperazine rings is 1. The number of carbonyl (C=O) groups excluding carboxylic acids is 1. The molecule has 0 aromatic carbocycles. The van der Waals surface area contributed by atoms with Crippen molar-refractivity contribution >= 4 is 5.97 Å². The molecule has 0 bridgehead atoms. The summed E-state index contributed by atoms with van der Waals surface area (Å²) in [4.78, 5) is 14.6. The minimum absolute atomic E-state index is 0.296. The van der Waals surface area contributed by atoms with E-state index in [9.17, 15) is 4.79 Å². The van der Waals surface area contributed by atoms with Crippen LogP contribution in [0.3, 0.4) is 0 Å². The van der Waals surface area contributed by atoms with E-state index in [1.165, 1.54) is 0 Å². The molecule has 1 aromatic rings. The zero-order valence-corrected chi connectivity index (χ0v) is 12.8. The first-order valence-electron chi connectivity index (χ1n) is 7.04. The lowest BCUT2D eigenvalue weighted by atomic mass is 10.1. The molecule has 0 saturated carbocycles. The number of carbonyl (C=O) groups is 1. The average molecular weight is 280 g/mol. The summed E-state index contributed by atoms with van der Waals surface area (Å²) in [6.07, 6.45) is 1.60. The van der Waals surface area contributed by atoms with E-state index in [0.717, 1.165) is 38.4 Å². The van der Waals surface area contributed by atoms with Gasteiger partial charge in [0.05, 0.1) is 11.9 Å². The molecule has 6 nitrogen and oxygen atoms in total. The maximum Gasteiger partial charge on any atom is 0.342 e. The molecule has 0 atom stereocenters. The number of nitrogens with one attached hydrogen (secondary N) is 1. The first-order valence-corrected chi connectivity index (χ1v) is 7.04. The van der Waals surface area contributed by atoms with Crippen LogP contribution in [0.5, 0.6) is 0 Å². The van der Waals surface area contributed by atoms with Crippen LogP contribution in [0.1, 0.15) is 36.8 Å². The van der Waals surface area contributed by atoms with E-state index in [1.807, 2.05) is 27.8 Å². The average Bonchev–Trinajstić information content (AvgIpc) is 2.70. The molecule has 6 heteroatoms. The molecular formula is C14H24N4O2. The van der Waals surface area contributed by atoms with Crippen molar-refractivity contribution < 1.29 is 9.53 Å². The first kappa shape index (κ1) is 15.0. The van der Waals surface area contributed by atoms with Crippen molar-refractivity contribution in [3.63, 3.8) is 0 Å². The van der Waals surface area contributed by atoms with Gasteiger partial charge in [0.1, 0.15) is 11.2 Å². The Bertz CT molecular complexity index is 470. The molecule has 0 aliphatic carbocycles. The van der Waals surface area contributed by atoms with Crippen LogP contribution in [-0.4, -0.2) is 52.4 Å². The lowest BCUT2D eigenvalue weighted by molar-refractivity contribution is 0.00671. The second kappa shape index (κ2) is 5.93. The van der Waals surface area contributed by atoms with Gasteiger partial charge >= 0.3 is 5.97 Å². The third kappa shape index (κ3) is 3.80. The van der Waals surface area contributed by atoms with Gasteiger partial charge in [0, 0.05) is 39.8 Å². The third-order valence-electron chi connectivity index (χ3n) is 3.26. The Labute approximate surface area is 120 Å². The number of aromatic nitrogens is 2. The van der Waals surface area contributed by atoms with Gasteiger partial charge in [0.15, 0.2) is 0 Å². The molecule has 112 valence electrons. The van der Waals surface area contributed by atoms with Crippen molar-refractivity contribution in [2.75, 3.05) is 26.2 Å². The zero-order valence-electron chi connectivity index (χ0n) is 12.8. The standard InChI is InChI=1S/C14H24N4O2/c1-14(2,3)20-13(19)11-9-16-17(4)12(11)10-18-7-5-15-6-8-18/h9,15H,5-8,10H2,1-4H3.